The number of nitrogens with zero attached hydrogens (tertiary/aromatic N) is 4. The Hall–Kier alpha value is -1.86. The maximum absolute atomic E-state index is 5.46. The van der Waals surface area contributed by atoms with Crippen molar-refractivity contribution in [3.05, 3.63) is 18.2 Å². The number of hydrogen-bond donors (Lipinski definition) is 0. The van der Waals surface area contributed by atoms with Crippen LogP contribution < -0.4 is 14.4 Å². The summed E-state index contributed by atoms with van der Waals surface area (Å²) in [5.74, 6) is 1.59. The van der Waals surface area contributed by atoms with Gasteiger partial charge in [0.05, 0.1) is 0 Å². The smallest absolute Gasteiger partial charge is 0.231 e. The monoisotopic (exact) mass is 330 g/mol. The summed E-state index contributed by atoms with van der Waals surface area (Å²) >= 11 is 1.67. The highest BCUT2D eigenvalue weighted by Gasteiger charge is 2.31. The van der Waals surface area contributed by atoms with E-state index in [1.165, 1.54) is 25.9 Å². The van der Waals surface area contributed by atoms with Crippen molar-refractivity contribution in [3.8, 4) is 22.1 Å². The van der Waals surface area contributed by atoms with E-state index in [1.54, 1.807) is 11.3 Å². The van der Waals surface area contributed by atoms with Crippen LogP contribution in [0.4, 0.5) is 5.13 Å². The molecule has 0 unspecified atom stereocenters. The Kier molecular flexibility index (Phi) is 3.16. The number of fused-ring (bicyclic) bond motifs is 5. The van der Waals surface area contributed by atoms with E-state index in [0.29, 0.717) is 12.8 Å². The van der Waals surface area contributed by atoms with Gasteiger partial charge in [0, 0.05) is 37.8 Å². The van der Waals surface area contributed by atoms with Crippen LogP contribution >= 0.6 is 11.3 Å². The van der Waals surface area contributed by atoms with E-state index in [9.17, 15) is 0 Å². The third kappa shape index (κ3) is 2.35. The van der Waals surface area contributed by atoms with Crippen molar-refractivity contribution < 1.29 is 9.47 Å². The van der Waals surface area contributed by atoms with Gasteiger partial charge in [-0.25, -0.2) is 0 Å². The van der Waals surface area contributed by atoms with Gasteiger partial charge >= 0.3 is 0 Å². The zero-order valence-corrected chi connectivity index (χ0v) is 13.6. The van der Waals surface area contributed by atoms with Gasteiger partial charge in [0.15, 0.2) is 11.5 Å². The van der Waals surface area contributed by atoms with Crippen molar-refractivity contribution in [1.82, 2.24) is 15.1 Å². The predicted molar refractivity (Wildman–Crippen MR) is 88.3 cm³/mol. The average molecular weight is 330 g/mol. The molecule has 0 saturated carbocycles. The highest BCUT2D eigenvalue weighted by atomic mass is 32.1. The van der Waals surface area contributed by atoms with E-state index in [1.807, 2.05) is 18.2 Å². The van der Waals surface area contributed by atoms with Crippen LogP contribution in [0, 0.1) is 0 Å². The summed E-state index contributed by atoms with van der Waals surface area (Å²) in [5.41, 5.74) is 1.04. The Morgan fingerprint density at radius 1 is 1.00 bits per heavy atom. The molecule has 0 N–H and O–H groups in total. The first-order chi connectivity index (χ1) is 11.4. The van der Waals surface area contributed by atoms with E-state index >= 15 is 0 Å². The molecule has 6 nitrogen and oxygen atoms in total. The molecular formula is C16H18N4O2S. The largest absolute Gasteiger partial charge is 0.454 e. The molecule has 120 valence electrons. The standard InChI is InChI=1S/C16H18N4O2S/c1-2-13-14(22-10-21-13)9-11(1)15-17-18-16(23-15)20-8-7-19-5-3-12(20)4-6-19/h1-2,9,12H,3-8,10H2. The second-order valence-electron chi connectivity index (χ2n) is 6.22. The molecule has 0 radical (unpaired) electrons. The van der Waals surface area contributed by atoms with Gasteiger partial charge in [0.2, 0.25) is 11.9 Å². The Labute approximate surface area is 138 Å². The Bertz CT molecular complexity index is 727. The maximum Gasteiger partial charge on any atom is 0.231 e. The lowest BCUT2D eigenvalue weighted by atomic mass is 10.1. The number of aromatic nitrogens is 2. The molecule has 2 bridgehead atoms. The maximum atomic E-state index is 5.46. The second kappa shape index (κ2) is 5.35. The minimum Gasteiger partial charge on any atom is -0.454 e. The molecule has 4 aliphatic rings. The highest BCUT2D eigenvalue weighted by Crippen LogP contribution is 2.38. The molecule has 0 atom stereocenters. The normalized spacial score (nSPS) is 25.7. The fourth-order valence-corrected chi connectivity index (χ4v) is 4.55. The SMILES string of the molecule is c1cc2c(cc1-c1nnc(N3CCN4CCC3CC4)s1)OCO2. The van der Waals surface area contributed by atoms with Crippen molar-refractivity contribution in [2.24, 2.45) is 0 Å². The van der Waals surface area contributed by atoms with Crippen molar-refractivity contribution in [2.75, 3.05) is 37.9 Å². The highest BCUT2D eigenvalue weighted by molar-refractivity contribution is 7.18. The summed E-state index contributed by atoms with van der Waals surface area (Å²) < 4.78 is 10.8. The lowest BCUT2D eigenvalue weighted by Crippen LogP contribution is -2.37. The molecule has 7 heteroatoms. The number of ether oxygens (including phenoxy) is 2. The van der Waals surface area contributed by atoms with E-state index in [4.69, 9.17) is 9.47 Å². The minimum absolute atomic E-state index is 0.298. The zero-order chi connectivity index (χ0) is 15.2. The van der Waals surface area contributed by atoms with Gasteiger partial charge in [-0.3, -0.25) is 0 Å². The lowest BCUT2D eigenvalue weighted by molar-refractivity contribution is 0.174. The number of benzene rings is 1. The van der Waals surface area contributed by atoms with E-state index in [2.05, 4.69) is 20.0 Å². The third-order valence-corrected chi connectivity index (χ3v) is 5.94. The van der Waals surface area contributed by atoms with Crippen molar-refractivity contribution in [1.29, 1.82) is 0 Å². The first-order valence-corrected chi connectivity index (χ1v) is 8.91. The topological polar surface area (TPSA) is 50.7 Å². The fraction of sp³-hybridized carbons (Fsp3) is 0.500. The van der Waals surface area contributed by atoms with Gasteiger partial charge in [0.25, 0.3) is 0 Å². The van der Waals surface area contributed by atoms with Crippen LogP contribution in [0.5, 0.6) is 11.5 Å². The molecule has 0 aliphatic carbocycles. The van der Waals surface area contributed by atoms with Crippen LogP contribution in [-0.4, -0.2) is 54.1 Å². The van der Waals surface area contributed by atoms with E-state index in [0.717, 1.165) is 40.3 Å². The molecule has 23 heavy (non-hydrogen) atoms. The summed E-state index contributed by atoms with van der Waals surface area (Å²) in [5, 5.41) is 10.9. The third-order valence-electron chi connectivity index (χ3n) is 4.93. The molecule has 2 aromatic rings. The van der Waals surface area contributed by atoms with Crippen molar-refractivity contribution >= 4 is 16.5 Å². The Morgan fingerprint density at radius 2 is 1.87 bits per heavy atom. The number of hydrogen-bond acceptors (Lipinski definition) is 7. The lowest BCUT2D eigenvalue weighted by Gasteiger charge is -2.30. The van der Waals surface area contributed by atoms with Gasteiger partial charge in [-0.15, -0.1) is 10.2 Å². The summed E-state index contributed by atoms with van der Waals surface area (Å²) in [4.78, 5) is 5.01. The average Bonchev–Trinajstić information content (AvgIpc) is 3.17. The first-order valence-electron chi connectivity index (χ1n) is 8.09. The van der Waals surface area contributed by atoms with Crippen LogP contribution in [0.2, 0.25) is 0 Å². The number of rotatable bonds is 2. The Balaban J connectivity index is 1.44. The van der Waals surface area contributed by atoms with Crippen LogP contribution in [0.25, 0.3) is 10.6 Å². The van der Waals surface area contributed by atoms with Gasteiger partial charge in [-0.05, 0) is 31.0 Å². The second-order valence-corrected chi connectivity index (χ2v) is 7.18. The molecule has 3 saturated heterocycles. The summed E-state index contributed by atoms with van der Waals surface area (Å²) in [6.45, 7) is 4.92. The molecule has 1 aromatic carbocycles. The summed E-state index contributed by atoms with van der Waals surface area (Å²) in [7, 11) is 0. The summed E-state index contributed by atoms with van der Waals surface area (Å²) in [6, 6.07) is 6.58. The molecular weight excluding hydrogens is 312 g/mol. The van der Waals surface area contributed by atoms with Crippen LogP contribution in [-0.2, 0) is 0 Å². The van der Waals surface area contributed by atoms with Crippen LogP contribution in [0.1, 0.15) is 12.8 Å². The summed E-state index contributed by atoms with van der Waals surface area (Å²) in [6.07, 6.45) is 2.47. The van der Waals surface area contributed by atoms with E-state index < -0.39 is 0 Å². The van der Waals surface area contributed by atoms with Crippen LogP contribution in [0.3, 0.4) is 0 Å². The minimum atomic E-state index is 0.298. The van der Waals surface area contributed by atoms with E-state index in [-0.39, 0.29) is 0 Å². The van der Waals surface area contributed by atoms with Gasteiger partial charge in [-0.1, -0.05) is 11.3 Å². The van der Waals surface area contributed by atoms with Gasteiger partial charge in [-0.2, -0.15) is 0 Å². The molecule has 6 rings (SSSR count). The number of anilines is 1. The first kappa shape index (κ1) is 13.6. The molecule has 1 aromatic heterocycles. The molecule has 3 fully saturated rings. The van der Waals surface area contributed by atoms with Gasteiger partial charge < -0.3 is 19.3 Å². The van der Waals surface area contributed by atoms with Crippen LogP contribution in [0.15, 0.2) is 18.2 Å². The van der Waals surface area contributed by atoms with Gasteiger partial charge in [0.1, 0.15) is 5.01 Å². The van der Waals surface area contributed by atoms with Crippen molar-refractivity contribution in [2.45, 2.75) is 18.9 Å². The molecule has 0 amide bonds. The number of piperidine rings is 1. The molecule has 4 aliphatic heterocycles. The molecule has 5 heterocycles. The molecule has 0 spiro atoms. The van der Waals surface area contributed by atoms with Crippen molar-refractivity contribution in [3.63, 3.8) is 0 Å². The fourth-order valence-electron chi connectivity index (χ4n) is 3.62. The quantitative estimate of drug-likeness (QED) is 0.841. The Morgan fingerprint density at radius 3 is 2.78 bits per heavy atom. The predicted octanol–water partition coefficient (Wildman–Crippen LogP) is 2.22. The zero-order valence-electron chi connectivity index (χ0n) is 12.8.